The average molecular weight is 611 g/mol. The summed E-state index contributed by atoms with van der Waals surface area (Å²) in [6.07, 6.45) is 12.9. The Morgan fingerprint density at radius 1 is 1.05 bits per heavy atom. The van der Waals surface area contributed by atoms with Gasteiger partial charge >= 0.3 is 6.09 Å². The molecule has 43 heavy (non-hydrogen) atoms. The highest BCUT2D eigenvalue weighted by Crippen LogP contribution is 2.41. The molecule has 0 aliphatic carbocycles. The highest BCUT2D eigenvalue weighted by atomic mass is 35.5. The van der Waals surface area contributed by atoms with Crippen molar-refractivity contribution in [1.29, 1.82) is 0 Å². The van der Waals surface area contributed by atoms with E-state index in [1.54, 1.807) is 35.4 Å². The van der Waals surface area contributed by atoms with Gasteiger partial charge in [-0.3, -0.25) is 9.88 Å². The zero-order valence-electron chi connectivity index (χ0n) is 24.0. The summed E-state index contributed by atoms with van der Waals surface area (Å²) in [4.78, 5) is 19.4. The van der Waals surface area contributed by atoms with E-state index in [9.17, 15) is 4.79 Å². The van der Waals surface area contributed by atoms with Crippen molar-refractivity contribution in [2.45, 2.75) is 38.6 Å². The number of hydrogen-bond acceptors (Lipinski definition) is 4. The zero-order chi connectivity index (χ0) is 30.2. The third kappa shape index (κ3) is 7.59. The number of amides is 1. The number of ether oxygens (including phenoxy) is 1. The number of aromatic nitrogens is 1. The smallest absolute Gasteiger partial charge is 0.410 e. The van der Waals surface area contributed by atoms with Gasteiger partial charge in [-0.1, -0.05) is 59.5 Å². The van der Waals surface area contributed by atoms with E-state index < -0.39 is 12.1 Å². The number of unbranched alkanes of at least 4 members (excludes halogenated alkanes) is 1. The Balaban J connectivity index is 1.38. The van der Waals surface area contributed by atoms with Crippen LogP contribution in [-0.2, 0) is 6.42 Å². The third-order valence-electron chi connectivity index (χ3n) is 7.62. The maximum Gasteiger partial charge on any atom is 0.416 e. The minimum absolute atomic E-state index is 0.421. The maximum atomic E-state index is 13.6. The fourth-order valence-corrected chi connectivity index (χ4v) is 5.71. The second-order valence-corrected chi connectivity index (χ2v) is 11.4. The van der Waals surface area contributed by atoms with Crippen LogP contribution in [0, 0.1) is 19.3 Å². The Morgan fingerprint density at radius 2 is 1.81 bits per heavy atom. The molecule has 5 nitrogen and oxygen atoms in total. The highest BCUT2D eigenvalue weighted by molar-refractivity contribution is 6.31. The van der Waals surface area contributed by atoms with Crippen LogP contribution in [0.1, 0.15) is 47.6 Å². The number of carbonyl (C=O) groups excluding carboxylic acids is 1. The predicted molar refractivity (Wildman–Crippen MR) is 176 cm³/mol. The number of benzene rings is 3. The maximum absolute atomic E-state index is 13.6. The van der Waals surface area contributed by atoms with Gasteiger partial charge in [0.15, 0.2) is 0 Å². The summed E-state index contributed by atoms with van der Waals surface area (Å²) in [5, 5.41) is 4.62. The van der Waals surface area contributed by atoms with Gasteiger partial charge in [0.2, 0.25) is 0 Å². The summed E-state index contributed by atoms with van der Waals surface area (Å²) in [5.41, 5.74) is 7.03. The average Bonchev–Trinajstić information content (AvgIpc) is 3.03. The van der Waals surface area contributed by atoms with Crippen LogP contribution in [0.4, 0.5) is 10.5 Å². The van der Waals surface area contributed by atoms with Crippen molar-refractivity contribution in [2.75, 3.05) is 18.4 Å². The van der Waals surface area contributed by atoms with Gasteiger partial charge in [0.05, 0.1) is 11.7 Å². The molecule has 7 heteroatoms. The molecule has 1 aliphatic heterocycles. The quantitative estimate of drug-likeness (QED) is 0.152. The molecular formula is C36H33Cl2N3O2. The lowest BCUT2D eigenvalue weighted by Crippen LogP contribution is -2.41. The normalized spacial score (nSPS) is 14.7. The van der Waals surface area contributed by atoms with Crippen molar-refractivity contribution in [3.05, 3.63) is 129 Å². The van der Waals surface area contributed by atoms with Gasteiger partial charge in [-0.2, -0.15) is 0 Å². The van der Waals surface area contributed by atoms with Crippen LogP contribution in [0.3, 0.4) is 0 Å². The van der Waals surface area contributed by atoms with Crippen molar-refractivity contribution in [1.82, 2.24) is 9.88 Å². The minimum atomic E-state index is -0.482. The Kier molecular flexibility index (Phi) is 10.0. The lowest BCUT2D eigenvalue weighted by atomic mass is 9.84. The molecule has 0 spiro atoms. The monoisotopic (exact) mass is 609 g/mol. The van der Waals surface area contributed by atoms with Crippen molar-refractivity contribution in [3.63, 3.8) is 0 Å². The summed E-state index contributed by atoms with van der Waals surface area (Å²) < 4.78 is 5.78. The summed E-state index contributed by atoms with van der Waals surface area (Å²) >= 11 is 12.4. The van der Waals surface area contributed by atoms with Crippen molar-refractivity contribution >= 4 is 40.6 Å². The predicted octanol–water partition coefficient (Wildman–Crippen LogP) is 9.16. The lowest BCUT2D eigenvalue weighted by molar-refractivity contribution is 0.138. The van der Waals surface area contributed by atoms with Gasteiger partial charge in [0, 0.05) is 41.1 Å². The number of terminal acetylenes is 1. The molecule has 0 saturated heterocycles. The summed E-state index contributed by atoms with van der Waals surface area (Å²) in [7, 11) is 0. The first-order chi connectivity index (χ1) is 20.9. The Morgan fingerprint density at radius 3 is 2.53 bits per heavy atom. The third-order valence-corrected chi connectivity index (χ3v) is 8.11. The fraction of sp³-hybridized carbons (Fsp3) is 0.222. The molecule has 4 aromatic rings. The fourth-order valence-electron chi connectivity index (χ4n) is 5.41. The molecule has 5 rings (SSSR count). The Labute approximate surface area is 263 Å². The summed E-state index contributed by atoms with van der Waals surface area (Å²) in [6.45, 7) is 3.37. The number of nitrogens with zero attached hydrogens (tertiary/aromatic N) is 2. The van der Waals surface area contributed by atoms with E-state index in [0.29, 0.717) is 28.8 Å². The molecule has 0 fully saturated rings. The Bertz CT molecular complexity index is 1630. The number of anilines is 1. The van der Waals surface area contributed by atoms with Crippen molar-refractivity contribution in [3.8, 4) is 18.1 Å². The SMILES string of the molecule is C#CC1=C(c2cc(Cl)ccc2C)CCN(C(=O)Oc2ccc(Cl)cc2)C1c1ccc(CCCCNc2cccnc2)cc1. The van der Waals surface area contributed by atoms with Gasteiger partial charge in [-0.25, -0.2) is 4.79 Å². The van der Waals surface area contributed by atoms with E-state index in [1.165, 1.54) is 5.56 Å². The van der Waals surface area contributed by atoms with E-state index in [-0.39, 0.29) is 0 Å². The molecule has 2 heterocycles. The molecular weight excluding hydrogens is 577 g/mol. The number of rotatable bonds is 9. The Hall–Kier alpha value is -4.24. The molecule has 0 saturated carbocycles. The van der Waals surface area contributed by atoms with Crippen LogP contribution in [0.15, 0.2) is 96.8 Å². The molecule has 1 unspecified atom stereocenters. The van der Waals surface area contributed by atoms with Crippen molar-refractivity contribution < 1.29 is 9.53 Å². The van der Waals surface area contributed by atoms with E-state index in [2.05, 4.69) is 40.5 Å². The van der Waals surface area contributed by atoms with Gasteiger partial charge in [0.1, 0.15) is 5.75 Å². The topological polar surface area (TPSA) is 54.5 Å². The number of hydrogen-bond donors (Lipinski definition) is 1. The first-order valence-electron chi connectivity index (χ1n) is 14.4. The second-order valence-electron chi connectivity index (χ2n) is 10.5. The molecule has 1 aromatic heterocycles. The van der Waals surface area contributed by atoms with Crippen LogP contribution in [0.25, 0.3) is 5.57 Å². The largest absolute Gasteiger partial charge is 0.416 e. The van der Waals surface area contributed by atoms with E-state index in [4.69, 9.17) is 34.4 Å². The van der Waals surface area contributed by atoms with Crippen LogP contribution in [0.5, 0.6) is 5.75 Å². The van der Waals surface area contributed by atoms with Gasteiger partial charge in [0.25, 0.3) is 0 Å². The van der Waals surface area contributed by atoms with Crippen LogP contribution >= 0.6 is 23.2 Å². The van der Waals surface area contributed by atoms with Crippen LogP contribution in [-0.4, -0.2) is 29.1 Å². The summed E-state index contributed by atoms with van der Waals surface area (Å²) in [6, 6.07) is 24.4. The number of halogens is 2. The number of aryl methyl sites for hydroxylation is 2. The van der Waals surface area contributed by atoms with Gasteiger partial charge in [-0.05, 0) is 109 Å². The zero-order valence-corrected chi connectivity index (χ0v) is 25.5. The molecule has 1 N–H and O–H groups in total. The van der Waals surface area contributed by atoms with Crippen molar-refractivity contribution in [2.24, 2.45) is 0 Å². The minimum Gasteiger partial charge on any atom is -0.410 e. The van der Waals surface area contributed by atoms with E-state index >= 15 is 0 Å². The highest BCUT2D eigenvalue weighted by Gasteiger charge is 2.35. The standard InChI is InChI=1S/C36H33Cl2N3O2/c1-3-32-33(34-23-29(38)14-9-25(34)2)19-22-41(36(42)43-31-17-15-28(37)16-18-31)35(32)27-12-10-26(11-13-27)7-4-5-21-40-30-8-6-20-39-24-30/h1,6,8-18,20,23-24,35,40H,4-5,7,19,21-22H2,2H3. The molecule has 3 aromatic carbocycles. The molecule has 0 radical (unpaired) electrons. The first kappa shape index (κ1) is 30.2. The molecule has 1 aliphatic rings. The number of pyridine rings is 1. The van der Waals surface area contributed by atoms with Crippen LogP contribution in [0.2, 0.25) is 10.0 Å². The second kappa shape index (κ2) is 14.3. The lowest BCUT2D eigenvalue weighted by Gasteiger charge is -2.37. The number of carbonyl (C=O) groups is 1. The van der Waals surface area contributed by atoms with E-state index in [1.807, 2.05) is 43.5 Å². The molecule has 218 valence electrons. The van der Waals surface area contributed by atoms with Gasteiger partial charge < -0.3 is 10.1 Å². The summed E-state index contributed by atoms with van der Waals surface area (Å²) in [5.74, 6) is 3.36. The molecule has 1 atom stereocenters. The first-order valence-corrected chi connectivity index (χ1v) is 15.1. The molecule has 0 bridgehead atoms. The van der Waals surface area contributed by atoms with Crippen LogP contribution < -0.4 is 10.1 Å². The van der Waals surface area contributed by atoms with E-state index in [0.717, 1.165) is 59.3 Å². The number of nitrogens with one attached hydrogen (secondary N) is 1. The van der Waals surface area contributed by atoms with Gasteiger partial charge in [-0.15, -0.1) is 6.42 Å². The molecule has 1 amide bonds.